The molecule has 1 unspecified atom stereocenters. The van der Waals surface area contributed by atoms with E-state index in [0.29, 0.717) is 24.3 Å². The highest BCUT2D eigenvalue weighted by molar-refractivity contribution is 5.76. The maximum absolute atomic E-state index is 13.4. The molecule has 0 aliphatic carbocycles. The van der Waals surface area contributed by atoms with Crippen LogP contribution in [0.25, 0.3) is 11.1 Å². The lowest BCUT2D eigenvalue weighted by Gasteiger charge is -2.32. The number of nitrogens with zero attached hydrogens (tertiary/aromatic N) is 3. The summed E-state index contributed by atoms with van der Waals surface area (Å²) in [5.41, 5.74) is 10.4. The molecule has 0 spiro atoms. The molecule has 1 aromatic carbocycles. The molecule has 6 heteroatoms. The summed E-state index contributed by atoms with van der Waals surface area (Å²) in [5, 5.41) is 0. The number of amides is 1. The van der Waals surface area contributed by atoms with Gasteiger partial charge in [0, 0.05) is 54.6 Å². The van der Waals surface area contributed by atoms with Gasteiger partial charge in [-0.1, -0.05) is 18.2 Å². The lowest BCUT2D eigenvalue weighted by atomic mass is 9.93. The Morgan fingerprint density at radius 3 is 2.59 bits per heavy atom. The predicted octanol–water partition coefficient (Wildman–Crippen LogP) is 4.90. The van der Waals surface area contributed by atoms with Crippen LogP contribution in [0.2, 0.25) is 0 Å². The Morgan fingerprint density at radius 1 is 1.12 bits per heavy atom. The van der Waals surface area contributed by atoms with Crippen LogP contribution in [-0.2, 0) is 11.2 Å². The fourth-order valence-electron chi connectivity index (χ4n) is 4.30. The molecule has 0 bridgehead atoms. The van der Waals surface area contributed by atoms with Gasteiger partial charge in [-0.25, -0.2) is 9.37 Å². The first-order valence-electron chi connectivity index (χ1n) is 11.2. The summed E-state index contributed by atoms with van der Waals surface area (Å²) in [6.45, 7) is 3.29. The molecule has 2 aromatic heterocycles. The molecule has 5 nitrogen and oxygen atoms in total. The van der Waals surface area contributed by atoms with Gasteiger partial charge in [0.25, 0.3) is 0 Å². The number of hydrogen-bond acceptors (Lipinski definition) is 4. The summed E-state index contributed by atoms with van der Waals surface area (Å²) in [6.07, 6.45) is 7.71. The summed E-state index contributed by atoms with van der Waals surface area (Å²) in [5.74, 6) is 0.762. The van der Waals surface area contributed by atoms with E-state index in [1.807, 2.05) is 23.2 Å². The van der Waals surface area contributed by atoms with E-state index < -0.39 is 0 Å². The second kappa shape index (κ2) is 9.90. The van der Waals surface area contributed by atoms with Crippen molar-refractivity contribution in [1.82, 2.24) is 14.9 Å². The van der Waals surface area contributed by atoms with E-state index >= 15 is 0 Å². The molecule has 1 amide bonds. The zero-order valence-electron chi connectivity index (χ0n) is 18.4. The molecule has 0 radical (unpaired) electrons. The van der Waals surface area contributed by atoms with Crippen LogP contribution < -0.4 is 5.73 Å². The van der Waals surface area contributed by atoms with Gasteiger partial charge in [0.2, 0.25) is 5.91 Å². The van der Waals surface area contributed by atoms with Gasteiger partial charge in [0.15, 0.2) is 0 Å². The number of aromatic nitrogens is 2. The number of pyridine rings is 2. The molecule has 1 aliphatic heterocycles. The third-order valence-corrected chi connectivity index (χ3v) is 6.18. The third-order valence-electron chi connectivity index (χ3n) is 6.18. The zero-order chi connectivity index (χ0) is 22.5. The number of piperidine rings is 1. The molecular weight excluding hydrogens is 403 g/mol. The summed E-state index contributed by atoms with van der Waals surface area (Å²) in [7, 11) is 0. The Bertz CT molecular complexity index is 1070. The number of benzene rings is 1. The van der Waals surface area contributed by atoms with Crippen LogP contribution in [0, 0.1) is 12.7 Å². The fraction of sp³-hybridized carbons (Fsp3) is 0.346. The van der Waals surface area contributed by atoms with Crippen LogP contribution in [0.15, 0.2) is 54.9 Å². The summed E-state index contributed by atoms with van der Waals surface area (Å²) in [4.78, 5) is 23.6. The van der Waals surface area contributed by atoms with Crippen LogP contribution >= 0.6 is 0 Å². The number of hydrogen-bond donors (Lipinski definition) is 1. The number of rotatable bonds is 6. The van der Waals surface area contributed by atoms with Crippen molar-refractivity contribution < 1.29 is 9.18 Å². The SMILES string of the molecule is Cc1cc(CCCC(=O)N2CCCC(c3ccc(-c4ccc(N)nc4)cn3)C2)ccc1F. The van der Waals surface area contributed by atoms with Crippen LogP contribution in [0.5, 0.6) is 0 Å². The molecular formula is C26H29FN4O. The second-order valence-electron chi connectivity index (χ2n) is 8.56. The number of nitrogens with two attached hydrogens (primary N) is 1. The van der Waals surface area contributed by atoms with Gasteiger partial charge in [0.1, 0.15) is 11.6 Å². The van der Waals surface area contributed by atoms with E-state index in [1.54, 1.807) is 25.3 Å². The Morgan fingerprint density at radius 2 is 1.91 bits per heavy atom. The Kier molecular flexibility index (Phi) is 6.78. The molecule has 3 heterocycles. The van der Waals surface area contributed by atoms with Crippen molar-refractivity contribution in [3.63, 3.8) is 0 Å². The van der Waals surface area contributed by atoms with E-state index in [1.165, 1.54) is 6.07 Å². The van der Waals surface area contributed by atoms with Crippen LogP contribution in [-0.4, -0.2) is 33.9 Å². The largest absolute Gasteiger partial charge is 0.384 e. The highest BCUT2D eigenvalue weighted by Crippen LogP contribution is 2.28. The Balaban J connectivity index is 1.31. The number of nitrogen functional groups attached to an aromatic ring is 1. The molecule has 0 saturated carbocycles. The normalized spacial score (nSPS) is 16.2. The monoisotopic (exact) mass is 432 g/mol. The minimum absolute atomic E-state index is 0.184. The molecule has 1 aliphatic rings. The second-order valence-corrected chi connectivity index (χ2v) is 8.56. The summed E-state index contributed by atoms with van der Waals surface area (Å²) < 4.78 is 13.4. The number of likely N-dealkylation sites (tertiary alicyclic amines) is 1. The van der Waals surface area contributed by atoms with E-state index in [2.05, 4.69) is 22.1 Å². The average molecular weight is 433 g/mol. The lowest BCUT2D eigenvalue weighted by Crippen LogP contribution is -2.39. The molecule has 1 fully saturated rings. The third kappa shape index (κ3) is 5.31. The van der Waals surface area contributed by atoms with E-state index in [-0.39, 0.29) is 17.6 Å². The number of carbonyl (C=O) groups is 1. The Labute approximate surface area is 188 Å². The Hall–Kier alpha value is -3.28. The highest BCUT2D eigenvalue weighted by Gasteiger charge is 2.25. The number of halogens is 1. The van der Waals surface area contributed by atoms with Gasteiger partial charge >= 0.3 is 0 Å². The average Bonchev–Trinajstić information content (AvgIpc) is 2.82. The van der Waals surface area contributed by atoms with E-state index in [0.717, 1.165) is 54.6 Å². The van der Waals surface area contributed by atoms with Gasteiger partial charge in [-0.15, -0.1) is 0 Å². The van der Waals surface area contributed by atoms with E-state index in [4.69, 9.17) is 5.73 Å². The quantitative estimate of drug-likeness (QED) is 0.601. The smallest absolute Gasteiger partial charge is 0.222 e. The molecule has 166 valence electrons. The first-order valence-corrected chi connectivity index (χ1v) is 11.2. The van der Waals surface area contributed by atoms with Crippen LogP contribution in [0.1, 0.15) is 48.4 Å². The summed E-state index contributed by atoms with van der Waals surface area (Å²) >= 11 is 0. The standard InChI is InChI=1S/C26H29FN4O/c1-18-14-19(7-10-23(18)27)4-2-6-26(32)31-13-3-5-22(17-31)24-11-8-20(15-29-24)21-9-12-25(28)30-16-21/h7-12,14-16,22H,2-6,13,17H2,1H3,(H2,28,30). The molecule has 2 N–H and O–H groups in total. The maximum Gasteiger partial charge on any atom is 0.222 e. The van der Waals surface area contributed by atoms with Gasteiger partial charge in [-0.05, 0) is 68.0 Å². The lowest BCUT2D eigenvalue weighted by molar-refractivity contribution is -0.132. The van der Waals surface area contributed by atoms with Crippen LogP contribution in [0.4, 0.5) is 10.2 Å². The van der Waals surface area contributed by atoms with Crippen molar-refractivity contribution in [3.05, 3.63) is 77.5 Å². The van der Waals surface area contributed by atoms with Crippen molar-refractivity contribution in [2.24, 2.45) is 0 Å². The molecule has 3 aromatic rings. The van der Waals surface area contributed by atoms with Gasteiger partial charge < -0.3 is 10.6 Å². The first kappa shape index (κ1) is 21.9. The van der Waals surface area contributed by atoms with Gasteiger partial charge in [-0.2, -0.15) is 0 Å². The molecule has 32 heavy (non-hydrogen) atoms. The molecule has 1 atom stereocenters. The van der Waals surface area contributed by atoms with Crippen molar-refractivity contribution in [3.8, 4) is 11.1 Å². The van der Waals surface area contributed by atoms with Gasteiger partial charge in [0.05, 0.1) is 0 Å². The highest BCUT2D eigenvalue weighted by atomic mass is 19.1. The minimum atomic E-state index is -0.184. The predicted molar refractivity (Wildman–Crippen MR) is 125 cm³/mol. The number of carbonyl (C=O) groups excluding carboxylic acids is 1. The van der Waals surface area contributed by atoms with E-state index in [9.17, 15) is 9.18 Å². The molecule has 4 rings (SSSR count). The van der Waals surface area contributed by atoms with Crippen molar-refractivity contribution >= 4 is 11.7 Å². The maximum atomic E-state index is 13.4. The number of aryl methyl sites for hydroxylation is 2. The number of anilines is 1. The minimum Gasteiger partial charge on any atom is -0.384 e. The van der Waals surface area contributed by atoms with Gasteiger partial charge in [-0.3, -0.25) is 9.78 Å². The topological polar surface area (TPSA) is 72.1 Å². The van der Waals surface area contributed by atoms with Crippen molar-refractivity contribution in [1.29, 1.82) is 0 Å². The fourth-order valence-corrected chi connectivity index (χ4v) is 4.30. The molecule has 1 saturated heterocycles. The first-order chi connectivity index (χ1) is 15.5. The van der Waals surface area contributed by atoms with Crippen molar-refractivity contribution in [2.75, 3.05) is 18.8 Å². The summed E-state index contributed by atoms with van der Waals surface area (Å²) in [6, 6.07) is 13.0. The zero-order valence-corrected chi connectivity index (χ0v) is 18.4. The van der Waals surface area contributed by atoms with Crippen molar-refractivity contribution in [2.45, 2.75) is 44.9 Å². The van der Waals surface area contributed by atoms with Crippen LogP contribution in [0.3, 0.4) is 0 Å².